The Morgan fingerprint density at radius 1 is 1.16 bits per heavy atom. The summed E-state index contributed by atoms with van der Waals surface area (Å²) in [7, 11) is 0. The lowest BCUT2D eigenvalue weighted by atomic mass is 10.1. The maximum Gasteiger partial charge on any atom is 0.407 e. The Morgan fingerprint density at radius 3 is 2.71 bits per heavy atom. The van der Waals surface area contributed by atoms with Gasteiger partial charge in [0.15, 0.2) is 5.01 Å². The molecule has 1 aliphatic rings. The maximum absolute atomic E-state index is 11.1. The van der Waals surface area contributed by atoms with Gasteiger partial charge in [0.05, 0.1) is 17.8 Å². The van der Waals surface area contributed by atoms with Gasteiger partial charge in [-0.3, -0.25) is 4.68 Å². The van der Waals surface area contributed by atoms with Gasteiger partial charge in [-0.25, -0.2) is 14.8 Å². The smallest absolute Gasteiger partial charge is 0.407 e. The molecule has 4 aromatic heterocycles. The van der Waals surface area contributed by atoms with Gasteiger partial charge in [-0.1, -0.05) is 0 Å². The molecule has 0 radical (unpaired) electrons. The van der Waals surface area contributed by atoms with Crippen LogP contribution in [-0.2, 0) is 0 Å². The summed E-state index contributed by atoms with van der Waals surface area (Å²) in [5, 5.41) is 24.2. The molecule has 0 aromatic carbocycles. The molecule has 0 unspecified atom stereocenters. The molecule has 0 bridgehead atoms. The van der Waals surface area contributed by atoms with Gasteiger partial charge in [0.2, 0.25) is 0 Å². The second kappa shape index (κ2) is 7.80. The van der Waals surface area contributed by atoms with Crippen molar-refractivity contribution in [1.29, 1.82) is 0 Å². The van der Waals surface area contributed by atoms with E-state index in [0.29, 0.717) is 29.6 Å². The van der Waals surface area contributed by atoms with Crippen LogP contribution in [0.2, 0.25) is 0 Å². The number of hydrogen-bond donors (Lipinski definition) is 2. The van der Waals surface area contributed by atoms with E-state index < -0.39 is 6.09 Å². The molecule has 12 heteroatoms. The molecule has 1 amide bonds. The number of hydrogen-bond acceptors (Lipinski definition) is 9. The van der Waals surface area contributed by atoms with Crippen LogP contribution in [0.25, 0.3) is 33.5 Å². The van der Waals surface area contributed by atoms with E-state index in [1.807, 2.05) is 22.3 Å². The first-order valence-corrected chi connectivity index (χ1v) is 10.5. The van der Waals surface area contributed by atoms with E-state index in [2.05, 4.69) is 25.3 Å². The van der Waals surface area contributed by atoms with Crippen molar-refractivity contribution in [3.05, 3.63) is 36.2 Å². The quantitative estimate of drug-likeness (QED) is 0.490. The van der Waals surface area contributed by atoms with Crippen molar-refractivity contribution in [3.63, 3.8) is 0 Å². The second-order valence-electron chi connectivity index (χ2n) is 7.12. The number of aromatic nitrogens is 6. The standard InChI is InChI=1S/C19H18N8O3S/c20-15-14(16-24-25-17(30-16)18-21-3-6-31-18)7-11(8-22-15)12-9-23-27(10-12)13-1-4-26(5-2-13)19(28)29/h3,6-10,13H,1-2,4-5H2,(H2,20,22)(H,28,29). The fourth-order valence-electron chi connectivity index (χ4n) is 3.56. The van der Waals surface area contributed by atoms with E-state index >= 15 is 0 Å². The predicted octanol–water partition coefficient (Wildman–Crippen LogP) is 3.02. The average molecular weight is 438 g/mol. The van der Waals surface area contributed by atoms with E-state index in [-0.39, 0.29) is 17.8 Å². The SMILES string of the molecule is Nc1ncc(-c2cnn(C3CCN(C(=O)O)CC3)c2)cc1-c1nnc(-c2nccs2)o1. The van der Waals surface area contributed by atoms with Crippen molar-refractivity contribution >= 4 is 23.2 Å². The Hall–Kier alpha value is -3.80. The lowest BCUT2D eigenvalue weighted by Crippen LogP contribution is -2.38. The Kier molecular flexibility index (Phi) is 4.82. The Bertz CT molecular complexity index is 1210. The van der Waals surface area contributed by atoms with E-state index in [9.17, 15) is 4.79 Å². The summed E-state index contributed by atoms with van der Waals surface area (Å²) in [5.74, 6) is 0.882. The summed E-state index contributed by atoms with van der Waals surface area (Å²) < 4.78 is 7.63. The summed E-state index contributed by atoms with van der Waals surface area (Å²) in [6.45, 7) is 1.00. The lowest BCUT2D eigenvalue weighted by Gasteiger charge is -2.30. The molecule has 0 atom stereocenters. The molecule has 31 heavy (non-hydrogen) atoms. The van der Waals surface area contributed by atoms with Crippen molar-refractivity contribution in [2.24, 2.45) is 0 Å². The van der Waals surface area contributed by atoms with Crippen LogP contribution in [0.4, 0.5) is 10.6 Å². The number of pyridine rings is 1. The van der Waals surface area contributed by atoms with Crippen molar-refractivity contribution < 1.29 is 14.3 Å². The summed E-state index contributed by atoms with van der Waals surface area (Å²) in [6, 6.07) is 2.00. The van der Waals surface area contributed by atoms with Crippen LogP contribution in [0.3, 0.4) is 0 Å². The number of nitrogens with two attached hydrogens (primary N) is 1. The number of likely N-dealkylation sites (tertiary alicyclic amines) is 1. The summed E-state index contributed by atoms with van der Waals surface area (Å²) in [6.07, 6.45) is 7.61. The number of nitrogen functional groups attached to an aromatic ring is 1. The number of piperidine rings is 1. The molecule has 1 saturated heterocycles. The minimum Gasteiger partial charge on any atom is -0.465 e. The Morgan fingerprint density at radius 2 is 1.97 bits per heavy atom. The highest BCUT2D eigenvalue weighted by Gasteiger charge is 2.24. The van der Waals surface area contributed by atoms with Crippen LogP contribution in [-0.4, -0.2) is 59.1 Å². The largest absolute Gasteiger partial charge is 0.465 e. The van der Waals surface area contributed by atoms with Gasteiger partial charge in [-0.05, 0) is 18.9 Å². The van der Waals surface area contributed by atoms with Gasteiger partial charge in [0.25, 0.3) is 11.8 Å². The zero-order valence-corrected chi connectivity index (χ0v) is 17.1. The number of thiazole rings is 1. The normalized spacial score (nSPS) is 14.8. The zero-order valence-electron chi connectivity index (χ0n) is 16.2. The molecule has 0 saturated carbocycles. The number of amides is 1. The minimum atomic E-state index is -0.876. The molecule has 158 valence electrons. The van der Waals surface area contributed by atoms with Crippen molar-refractivity contribution in [1.82, 2.24) is 34.8 Å². The average Bonchev–Trinajstić information content (AvgIpc) is 3.55. The van der Waals surface area contributed by atoms with Crippen molar-refractivity contribution in [3.8, 4) is 33.5 Å². The van der Waals surface area contributed by atoms with E-state index in [1.165, 1.54) is 16.2 Å². The van der Waals surface area contributed by atoms with Crippen LogP contribution < -0.4 is 5.73 Å². The zero-order chi connectivity index (χ0) is 21.4. The van der Waals surface area contributed by atoms with E-state index in [1.54, 1.807) is 18.6 Å². The van der Waals surface area contributed by atoms with Crippen LogP contribution in [0.15, 0.2) is 40.7 Å². The predicted molar refractivity (Wildman–Crippen MR) is 112 cm³/mol. The van der Waals surface area contributed by atoms with E-state index in [4.69, 9.17) is 15.3 Å². The third-order valence-electron chi connectivity index (χ3n) is 5.23. The summed E-state index contributed by atoms with van der Waals surface area (Å²) >= 11 is 1.41. The third kappa shape index (κ3) is 3.72. The van der Waals surface area contributed by atoms with Crippen LogP contribution >= 0.6 is 11.3 Å². The van der Waals surface area contributed by atoms with Gasteiger partial charge in [-0.2, -0.15) is 5.10 Å². The van der Waals surface area contributed by atoms with Gasteiger partial charge >= 0.3 is 6.09 Å². The van der Waals surface area contributed by atoms with Gasteiger partial charge in [0, 0.05) is 48.2 Å². The minimum absolute atomic E-state index is 0.155. The maximum atomic E-state index is 11.1. The Labute approximate surface area is 180 Å². The molecule has 4 aromatic rings. The highest BCUT2D eigenvalue weighted by Crippen LogP contribution is 2.32. The van der Waals surface area contributed by atoms with Crippen molar-refractivity contribution in [2.75, 3.05) is 18.8 Å². The first-order valence-electron chi connectivity index (χ1n) is 9.60. The summed E-state index contributed by atoms with van der Waals surface area (Å²) in [4.78, 5) is 21.0. The molecule has 1 fully saturated rings. The first-order chi connectivity index (χ1) is 15.1. The molecule has 1 aliphatic heterocycles. The molecule has 0 aliphatic carbocycles. The highest BCUT2D eigenvalue weighted by molar-refractivity contribution is 7.12. The molecule has 5 rings (SSSR count). The topological polar surface area (TPSA) is 149 Å². The summed E-state index contributed by atoms with van der Waals surface area (Å²) in [5.41, 5.74) is 8.28. The molecule has 0 spiro atoms. The van der Waals surface area contributed by atoms with Crippen LogP contribution in [0.1, 0.15) is 18.9 Å². The van der Waals surface area contributed by atoms with Gasteiger partial charge in [0.1, 0.15) is 5.82 Å². The van der Waals surface area contributed by atoms with Gasteiger partial charge in [-0.15, -0.1) is 21.5 Å². The van der Waals surface area contributed by atoms with Crippen LogP contribution in [0, 0.1) is 0 Å². The molecular weight excluding hydrogens is 420 g/mol. The highest BCUT2D eigenvalue weighted by atomic mass is 32.1. The monoisotopic (exact) mass is 438 g/mol. The van der Waals surface area contributed by atoms with Crippen LogP contribution in [0.5, 0.6) is 0 Å². The number of rotatable bonds is 4. The molecular formula is C19H18N8O3S. The fraction of sp³-hybridized carbons (Fsp3) is 0.263. The van der Waals surface area contributed by atoms with Crippen molar-refractivity contribution in [2.45, 2.75) is 18.9 Å². The lowest BCUT2D eigenvalue weighted by molar-refractivity contribution is 0.124. The number of carbonyl (C=O) groups is 1. The van der Waals surface area contributed by atoms with E-state index in [0.717, 1.165) is 24.0 Å². The third-order valence-corrected chi connectivity index (χ3v) is 5.99. The van der Waals surface area contributed by atoms with Gasteiger partial charge < -0.3 is 20.2 Å². The number of nitrogens with zero attached hydrogens (tertiary/aromatic N) is 7. The molecule has 11 nitrogen and oxygen atoms in total. The molecule has 5 heterocycles. The molecule has 3 N–H and O–H groups in total. The second-order valence-corrected chi connectivity index (χ2v) is 8.01. The number of anilines is 1. The Balaban J connectivity index is 1.38. The number of carboxylic acid groups (broad SMARTS) is 1. The first kappa shape index (κ1) is 19.2. The fourth-order valence-corrected chi connectivity index (χ4v) is 4.12.